The van der Waals surface area contributed by atoms with E-state index in [4.69, 9.17) is 4.74 Å². The molecule has 1 N–H and O–H groups in total. The number of halogens is 1. The molecular weight excluding hydrogens is 314 g/mol. The predicted octanol–water partition coefficient (Wildman–Crippen LogP) is 3.88. The van der Waals surface area contributed by atoms with Gasteiger partial charge in [-0.25, -0.2) is 0 Å². The molecule has 1 aromatic carbocycles. The minimum atomic E-state index is 0.811. The number of piperidine rings is 1. The molecule has 0 saturated carbocycles. The molecule has 2 aliphatic rings. The van der Waals surface area contributed by atoms with Gasteiger partial charge in [0, 0.05) is 0 Å². The molecule has 1 aromatic rings. The van der Waals surface area contributed by atoms with Gasteiger partial charge in [0.25, 0.3) is 0 Å². The Hall–Kier alpha value is -0.540. The maximum atomic E-state index is 5.72. The molecular formula is C17H24BrNO. The molecule has 0 spiro atoms. The van der Waals surface area contributed by atoms with Crippen molar-refractivity contribution in [3.05, 3.63) is 27.2 Å². The molecule has 0 bridgehead atoms. The number of rotatable bonds is 3. The maximum Gasteiger partial charge on any atom is 0.136 e. The number of methoxy groups -OCH3 is 1. The van der Waals surface area contributed by atoms with Crippen LogP contribution >= 0.6 is 15.9 Å². The standard InChI is InChI=1S/C17H24BrNO/c1-20-17-15(10-12-6-8-19-9-7-12)14-5-3-2-4-13(14)11-16(17)18/h11-12,19H,2-10H2,1H3. The van der Waals surface area contributed by atoms with Crippen molar-refractivity contribution in [2.24, 2.45) is 5.92 Å². The minimum Gasteiger partial charge on any atom is -0.495 e. The zero-order valence-corrected chi connectivity index (χ0v) is 13.9. The normalized spacial score (nSPS) is 19.7. The summed E-state index contributed by atoms with van der Waals surface area (Å²) in [5, 5.41) is 3.46. The highest BCUT2D eigenvalue weighted by atomic mass is 79.9. The van der Waals surface area contributed by atoms with Gasteiger partial charge in [-0.2, -0.15) is 0 Å². The lowest BCUT2D eigenvalue weighted by Gasteiger charge is -2.27. The van der Waals surface area contributed by atoms with E-state index in [0.717, 1.165) is 16.1 Å². The summed E-state index contributed by atoms with van der Waals surface area (Å²) in [4.78, 5) is 0. The van der Waals surface area contributed by atoms with Gasteiger partial charge >= 0.3 is 0 Å². The Morgan fingerprint density at radius 1 is 1.25 bits per heavy atom. The van der Waals surface area contributed by atoms with Crippen LogP contribution in [-0.2, 0) is 19.3 Å². The van der Waals surface area contributed by atoms with Crippen LogP contribution in [0.4, 0.5) is 0 Å². The fourth-order valence-electron chi connectivity index (χ4n) is 3.74. The van der Waals surface area contributed by atoms with Crippen LogP contribution < -0.4 is 10.1 Å². The van der Waals surface area contributed by atoms with Gasteiger partial charge in [-0.1, -0.05) is 0 Å². The van der Waals surface area contributed by atoms with Crippen molar-refractivity contribution in [1.82, 2.24) is 5.32 Å². The fraction of sp³-hybridized carbons (Fsp3) is 0.647. The number of fused-ring (bicyclic) bond motifs is 1. The summed E-state index contributed by atoms with van der Waals surface area (Å²) >= 11 is 3.71. The van der Waals surface area contributed by atoms with Crippen LogP contribution in [0, 0.1) is 5.92 Å². The van der Waals surface area contributed by atoms with Crippen molar-refractivity contribution >= 4 is 15.9 Å². The number of hydrogen-bond donors (Lipinski definition) is 1. The zero-order valence-electron chi connectivity index (χ0n) is 12.3. The van der Waals surface area contributed by atoms with E-state index < -0.39 is 0 Å². The molecule has 0 unspecified atom stereocenters. The number of hydrogen-bond acceptors (Lipinski definition) is 2. The average molecular weight is 338 g/mol. The van der Waals surface area contributed by atoms with E-state index in [-0.39, 0.29) is 0 Å². The van der Waals surface area contributed by atoms with E-state index >= 15 is 0 Å². The number of aryl methyl sites for hydroxylation is 1. The Morgan fingerprint density at radius 3 is 2.75 bits per heavy atom. The number of nitrogens with one attached hydrogen (secondary N) is 1. The van der Waals surface area contributed by atoms with E-state index in [1.165, 1.54) is 63.6 Å². The molecule has 0 aromatic heterocycles. The van der Waals surface area contributed by atoms with Gasteiger partial charge in [0.05, 0.1) is 11.6 Å². The van der Waals surface area contributed by atoms with E-state index in [1.807, 2.05) is 0 Å². The molecule has 1 aliphatic heterocycles. The molecule has 1 heterocycles. The monoisotopic (exact) mass is 337 g/mol. The maximum absolute atomic E-state index is 5.72. The average Bonchev–Trinajstić information content (AvgIpc) is 2.48. The molecule has 0 radical (unpaired) electrons. The predicted molar refractivity (Wildman–Crippen MR) is 86.6 cm³/mol. The molecule has 1 aliphatic carbocycles. The third-order valence-electron chi connectivity index (χ3n) is 4.82. The molecule has 20 heavy (non-hydrogen) atoms. The van der Waals surface area contributed by atoms with Crippen LogP contribution in [0.1, 0.15) is 42.4 Å². The fourth-order valence-corrected chi connectivity index (χ4v) is 4.42. The molecule has 110 valence electrons. The van der Waals surface area contributed by atoms with Crippen LogP contribution in [-0.4, -0.2) is 20.2 Å². The van der Waals surface area contributed by atoms with Crippen molar-refractivity contribution in [1.29, 1.82) is 0 Å². The Morgan fingerprint density at radius 2 is 2.00 bits per heavy atom. The quantitative estimate of drug-likeness (QED) is 0.903. The first-order valence-corrected chi connectivity index (χ1v) is 8.66. The molecule has 2 nitrogen and oxygen atoms in total. The van der Waals surface area contributed by atoms with Crippen molar-refractivity contribution in [3.63, 3.8) is 0 Å². The molecule has 0 amide bonds. The van der Waals surface area contributed by atoms with Gasteiger partial charge in [-0.3, -0.25) is 0 Å². The highest BCUT2D eigenvalue weighted by Gasteiger charge is 2.23. The summed E-state index contributed by atoms with van der Waals surface area (Å²) in [5.41, 5.74) is 4.63. The van der Waals surface area contributed by atoms with Gasteiger partial charge in [-0.05, 0) is 103 Å². The first kappa shape index (κ1) is 14.4. The van der Waals surface area contributed by atoms with Crippen LogP contribution in [0.25, 0.3) is 0 Å². The second-order valence-electron chi connectivity index (χ2n) is 6.11. The van der Waals surface area contributed by atoms with Crippen LogP contribution in [0.3, 0.4) is 0 Å². The summed E-state index contributed by atoms with van der Waals surface area (Å²) < 4.78 is 6.86. The Labute approximate surface area is 130 Å². The molecule has 1 saturated heterocycles. The molecule has 0 atom stereocenters. The lowest BCUT2D eigenvalue weighted by molar-refractivity contribution is 0.358. The van der Waals surface area contributed by atoms with Gasteiger partial charge in [0.1, 0.15) is 5.75 Å². The minimum absolute atomic E-state index is 0.811. The lowest BCUT2D eigenvalue weighted by Crippen LogP contribution is -2.29. The molecule has 3 heteroatoms. The summed E-state index contributed by atoms with van der Waals surface area (Å²) in [6, 6.07) is 2.29. The summed E-state index contributed by atoms with van der Waals surface area (Å²) in [6.45, 7) is 2.34. The lowest BCUT2D eigenvalue weighted by atomic mass is 9.82. The Kier molecular flexibility index (Phi) is 4.67. The van der Waals surface area contributed by atoms with Gasteiger partial charge in [-0.15, -0.1) is 0 Å². The second kappa shape index (κ2) is 6.48. The van der Waals surface area contributed by atoms with E-state index in [2.05, 4.69) is 27.3 Å². The van der Waals surface area contributed by atoms with Gasteiger partial charge in [0.15, 0.2) is 0 Å². The topological polar surface area (TPSA) is 21.3 Å². The molecule has 3 rings (SSSR count). The highest BCUT2D eigenvalue weighted by Crippen LogP contribution is 2.39. The van der Waals surface area contributed by atoms with E-state index in [9.17, 15) is 0 Å². The van der Waals surface area contributed by atoms with E-state index in [0.29, 0.717) is 0 Å². The van der Waals surface area contributed by atoms with Crippen LogP contribution in [0.5, 0.6) is 5.75 Å². The first-order valence-electron chi connectivity index (χ1n) is 7.87. The van der Waals surface area contributed by atoms with Crippen molar-refractivity contribution < 1.29 is 4.74 Å². The summed E-state index contributed by atoms with van der Waals surface area (Å²) in [6.07, 6.45) is 8.91. The third-order valence-corrected chi connectivity index (χ3v) is 5.41. The van der Waals surface area contributed by atoms with Crippen LogP contribution in [0.15, 0.2) is 10.5 Å². The van der Waals surface area contributed by atoms with E-state index in [1.54, 1.807) is 18.2 Å². The van der Waals surface area contributed by atoms with Crippen molar-refractivity contribution in [3.8, 4) is 5.75 Å². The van der Waals surface area contributed by atoms with Crippen molar-refractivity contribution in [2.75, 3.05) is 20.2 Å². The summed E-state index contributed by atoms with van der Waals surface area (Å²) in [5.74, 6) is 1.90. The SMILES string of the molecule is COc1c(Br)cc2c(c1CC1CCNCC1)CCCC2. The second-order valence-corrected chi connectivity index (χ2v) is 6.97. The number of benzene rings is 1. The zero-order chi connectivity index (χ0) is 13.9. The first-order chi connectivity index (χ1) is 9.79. The third kappa shape index (κ3) is 2.89. The highest BCUT2D eigenvalue weighted by molar-refractivity contribution is 9.10. The van der Waals surface area contributed by atoms with Crippen LogP contribution in [0.2, 0.25) is 0 Å². The van der Waals surface area contributed by atoms with Gasteiger partial charge in [0.2, 0.25) is 0 Å². The molecule has 1 fully saturated rings. The number of ether oxygens (including phenoxy) is 1. The van der Waals surface area contributed by atoms with Crippen molar-refractivity contribution in [2.45, 2.75) is 44.9 Å². The Bertz CT molecular complexity index is 480. The summed E-state index contributed by atoms with van der Waals surface area (Å²) in [7, 11) is 1.81. The van der Waals surface area contributed by atoms with Gasteiger partial charge < -0.3 is 10.1 Å². The largest absolute Gasteiger partial charge is 0.495 e. The smallest absolute Gasteiger partial charge is 0.136 e. The Balaban J connectivity index is 1.95.